The van der Waals surface area contributed by atoms with Crippen LogP contribution in [0.5, 0.6) is 11.5 Å². The maximum atomic E-state index is 12.6. The summed E-state index contributed by atoms with van der Waals surface area (Å²) in [6.45, 7) is 4.47. The lowest BCUT2D eigenvalue weighted by Gasteiger charge is -2.07. The summed E-state index contributed by atoms with van der Waals surface area (Å²) >= 11 is 0. The molecule has 5 nitrogen and oxygen atoms in total. The topological polar surface area (TPSA) is 63.3 Å². The van der Waals surface area contributed by atoms with Gasteiger partial charge in [-0.15, -0.1) is 0 Å². The zero-order valence-corrected chi connectivity index (χ0v) is 14.0. The van der Waals surface area contributed by atoms with Crippen molar-refractivity contribution >= 4 is 22.5 Å². The normalized spacial score (nSPS) is 10.6. The number of rotatable bonds is 5. The molecule has 0 saturated heterocycles. The standard InChI is InChI=1S/C19H20N2O3/c1-4-24-14-7-5-13(6-8-14)20-19(22)18-12(2)16-11-15(23-3)9-10-17(16)21-18/h5-11,21H,4H2,1-3H3,(H,20,22). The number of carbonyl (C=O) groups excluding carboxylic acids is 1. The smallest absolute Gasteiger partial charge is 0.272 e. The van der Waals surface area contributed by atoms with Crippen LogP contribution in [0.15, 0.2) is 42.5 Å². The zero-order chi connectivity index (χ0) is 17.1. The number of hydrogen-bond acceptors (Lipinski definition) is 3. The van der Waals surface area contributed by atoms with Crippen molar-refractivity contribution in [2.45, 2.75) is 13.8 Å². The summed E-state index contributed by atoms with van der Waals surface area (Å²) in [4.78, 5) is 15.7. The van der Waals surface area contributed by atoms with E-state index >= 15 is 0 Å². The number of fused-ring (bicyclic) bond motifs is 1. The monoisotopic (exact) mass is 324 g/mol. The van der Waals surface area contributed by atoms with E-state index in [-0.39, 0.29) is 5.91 Å². The molecule has 0 radical (unpaired) electrons. The molecule has 0 bridgehead atoms. The molecule has 0 aliphatic carbocycles. The summed E-state index contributed by atoms with van der Waals surface area (Å²) in [6.07, 6.45) is 0. The summed E-state index contributed by atoms with van der Waals surface area (Å²) in [5, 5.41) is 3.88. The molecule has 3 aromatic rings. The molecule has 0 aliphatic heterocycles. The van der Waals surface area contributed by atoms with Gasteiger partial charge in [0.15, 0.2) is 0 Å². The first-order chi connectivity index (χ1) is 11.6. The molecule has 0 atom stereocenters. The molecule has 0 fully saturated rings. The lowest BCUT2D eigenvalue weighted by Crippen LogP contribution is -2.13. The van der Waals surface area contributed by atoms with Crippen molar-refractivity contribution in [1.29, 1.82) is 0 Å². The first-order valence-corrected chi connectivity index (χ1v) is 7.83. The molecule has 1 aromatic heterocycles. The van der Waals surface area contributed by atoms with Crippen LogP contribution in [0.3, 0.4) is 0 Å². The van der Waals surface area contributed by atoms with E-state index in [1.807, 2.05) is 56.3 Å². The van der Waals surface area contributed by atoms with Crippen LogP contribution < -0.4 is 14.8 Å². The number of anilines is 1. The third-order valence-corrected chi connectivity index (χ3v) is 3.92. The Kier molecular flexibility index (Phi) is 4.42. The number of aromatic nitrogens is 1. The van der Waals surface area contributed by atoms with E-state index < -0.39 is 0 Å². The molecule has 2 aromatic carbocycles. The van der Waals surface area contributed by atoms with Gasteiger partial charge in [-0.3, -0.25) is 4.79 Å². The number of methoxy groups -OCH3 is 1. The summed E-state index contributed by atoms with van der Waals surface area (Å²) in [7, 11) is 1.63. The summed E-state index contributed by atoms with van der Waals surface area (Å²) in [5.41, 5.74) is 3.07. The molecule has 0 spiro atoms. The van der Waals surface area contributed by atoms with E-state index in [0.717, 1.165) is 33.7 Å². The Labute approximate surface area is 140 Å². The van der Waals surface area contributed by atoms with Crippen molar-refractivity contribution in [3.8, 4) is 11.5 Å². The van der Waals surface area contributed by atoms with Gasteiger partial charge >= 0.3 is 0 Å². The third kappa shape index (κ3) is 3.06. The third-order valence-electron chi connectivity index (χ3n) is 3.92. The zero-order valence-electron chi connectivity index (χ0n) is 14.0. The van der Waals surface area contributed by atoms with Crippen LogP contribution >= 0.6 is 0 Å². The fourth-order valence-electron chi connectivity index (χ4n) is 2.65. The highest BCUT2D eigenvalue weighted by molar-refractivity contribution is 6.08. The molecule has 0 saturated carbocycles. The van der Waals surface area contributed by atoms with Crippen LogP contribution in [0.25, 0.3) is 10.9 Å². The number of amides is 1. The second-order valence-corrected chi connectivity index (χ2v) is 5.45. The van der Waals surface area contributed by atoms with Crippen molar-refractivity contribution < 1.29 is 14.3 Å². The Morgan fingerprint density at radius 1 is 1.12 bits per heavy atom. The Hall–Kier alpha value is -2.95. The minimum atomic E-state index is -0.174. The van der Waals surface area contributed by atoms with Crippen LogP contribution in [0.2, 0.25) is 0 Å². The Balaban J connectivity index is 1.84. The highest BCUT2D eigenvalue weighted by Gasteiger charge is 2.15. The van der Waals surface area contributed by atoms with Crippen molar-refractivity contribution in [3.05, 3.63) is 53.7 Å². The molecular formula is C19H20N2O3. The van der Waals surface area contributed by atoms with Crippen molar-refractivity contribution in [1.82, 2.24) is 4.98 Å². The fraction of sp³-hybridized carbons (Fsp3) is 0.211. The first-order valence-electron chi connectivity index (χ1n) is 7.83. The summed E-state index contributed by atoms with van der Waals surface area (Å²) in [6, 6.07) is 13.0. The van der Waals surface area contributed by atoms with Gasteiger partial charge in [0, 0.05) is 16.6 Å². The number of nitrogens with one attached hydrogen (secondary N) is 2. The number of carbonyl (C=O) groups is 1. The van der Waals surface area contributed by atoms with Crippen LogP contribution in [-0.4, -0.2) is 24.6 Å². The van der Waals surface area contributed by atoms with E-state index in [2.05, 4.69) is 10.3 Å². The summed E-state index contributed by atoms with van der Waals surface area (Å²) < 4.78 is 10.6. The maximum Gasteiger partial charge on any atom is 0.272 e. The van der Waals surface area contributed by atoms with Crippen molar-refractivity contribution in [2.75, 3.05) is 19.0 Å². The largest absolute Gasteiger partial charge is 0.497 e. The van der Waals surface area contributed by atoms with Crippen LogP contribution in [0, 0.1) is 6.92 Å². The van der Waals surface area contributed by atoms with Crippen LogP contribution in [0.4, 0.5) is 5.69 Å². The van der Waals surface area contributed by atoms with E-state index in [1.165, 1.54) is 0 Å². The lowest BCUT2D eigenvalue weighted by atomic mass is 10.1. The lowest BCUT2D eigenvalue weighted by molar-refractivity contribution is 0.102. The quantitative estimate of drug-likeness (QED) is 0.741. The molecule has 24 heavy (non-hydrogen) atoms. The summed E-state index contributed by atoms with van der Waals surface area (Å²) in [5.74, 6) is 1.37. The Morgan fingerprint density at radius 2 is 1.83 bits per heavy atom. The minimum Gasteiger partial charge on any atom is -0.497 e. The van der Waals surface area contributed by atoms with Gasteiger partial charge in [0.1, 0.15) is 17.2 Å². The van der Waals surface area contributed by atoms with Crippen LogP contribution in [0.1, 0.15) is 23.0 Å². The van der Waals surface area contributed by atoms with Gasteiger partial charge in [-0.2, -0.15) is 0 Å². The number of hydrogen-bond donors (Lipinski definition) is 2. The van der Waals surface area contributed by atoms with E-state index in [1.54, 1.807) is 7.11 Å². The second-order valence-electron chi connectivity index (χ2n) is 5.45. The first kappa shape index (κ1) is 15.9. The minimum absolute atomic E-state index is 0.174. The fourth-order valence-corrected chi connectivity index (χ4v) is 2.65. The molecule has 5 heteroatoms. The number of ether oxygens (including phenoxy) is 2. The molecule has 1 heterocycles. The van der Waals surface area contributed by atoms with Gasteiger partial charge in [-0.25, -0.2) is 0 Å². The average Bonchev–Trinajstić information content (AvgIpc) is 2.93. The second kappa shape index (κ2) is 6.66. The molecular weight excluding hydrogens is 304 g/mol. The SMILES string of the molecule is CCOc1ccc(NC(=O)c2[nH]c3ccc(OC)cc3c2C)cc1. The van der Waals surface area contributed by atoms with Crippen molar-refractivity contribution in [2.24, 2.45) is 0 Å². The van der Waals surface area contributed by atoms with E-state index in [9.17, 15) is 4.79 Å². The van der Waals surface area contributed by atoms with Gasteiger partial charge in [-0.1, -0.05) is 0 Å². The molecule has 1 amide bonds. The van der Waals surface area contributed by atoms with E-state index in [4.69, 9.17) is 9.47 Å². The Bertz CT molecular complexity index is 866. The van der Waals surface area contributed by atoms with Gasteiger partial charge in [0.2, 0.25) is 0 Å². The predicted octanol–water partition coefficient (Wildman–Crippen LogP) is 4.14. The van der Waals surface area contributed by atoms with Crippen molar-refractivity contribution in [3.63, 3.8) is 0 Å². The van der Waals surface area contributed by atoms with Gasteiger partial charge in [-0.05, 0) is 61.9 Å². The van der Waals surface area contributed by atoms with Gasteiger partial charge < -0.3 is 19.8 Å². The maximum absolute atomic E-state index is 12.6. The molecule has 2 N–H and O–H groups in total. The van der Waals surface area contributed by atoms with Crippen LogP contribution in [-0.2, 0) is 0 Å². The van der Waals surface area contributed by atoms with E-state index in [0.29, 0.717) is 12.3 Å². The average molecular weight is 324 g/mol. The molecule has 0 unspecified atom stereocenters. The number of H-pyrrole nitrogens is 1. The molecule has 3 rings (SSSR count). The molecule has 0 aliphatic rings. The predicted molar refractivity (Wildman–Crippen MR) is 95.2 cm³/mol. The van der Waals surface area contributed by atoms with Gasteiger partial charge in [0.25, 0.3) is 5.91 Å². The highest BCUT2D eigenvalue weighted by Crippen LogP contribution is 2.26. The Morgan fingerprint density at radius 3 is 2.50 bits per heavy atom. The number of aryl methyl sites for hydroxylation is 1. The molecule has 124 valence electrons. The number of benzene rings is 2. The van der Waals surface area contributed by atoms with Gasteiger partial charge in [0.05, 0.1) is 13.7 Å². The highest BCUT2D eigenvalue weighted by atomic mass is 16.5. The number of aromatic amines is 1.